The highest BCUT2D eigenvalue weighted by molar-refractivity contribution is 9.10. The Morgan fingerprint density at radius 1 is 1.26 bits per heavy atom. The average molecular weight is 363 g/mol. The van der Waals surface area contributed by atoms with E-state index in [1.165, 1.54) is 0 Å². The van der Waals surface area contributed by atoms with Crippen LogP contribution in [0.3, 0.4) is 0 Å². The van der Waals surface area contributed by atoms with Crippen molar-refractivity contribution in [1.29, 1.82) is 0 Å². The Kier molecular flexibility index (Phi) is 4.56. The molecule has 3 nitrogen and oxygen atoms in total. The fraction of sp³-hybridized carbons (Fsp3) is 0.308. The molecule has 102 valence electrons. The summed E-state index contributed by atoms with van der Waals surface area (Å²) in [5.74, 6) is 0. The Labute approximate surface area is 130 Å². The van der Waals surface area contributed by atoms with E-state index >= 15 is 0 Å². The first-order chi connectivity index (χ1) is 8.91. The number of hydrogen-bond acceptors (Lipinski definition) is 2. The lowest BCUT2D eigenvalue weighted by molar-refractivity contribution is 0.498. The van der Waals surface area contributed by atoms with Gasteiger partial charge in [-0.1, -0.05) is 29.3 Å². The smallest absolute Gasteiger partial charge is 0.0742 e. The number of nitrogens with zero attached hydrogens (tertiary/aromatic N) is 2. The Hall–Kier alpha value is -0.550. The molecule has 0 spiro atoms. The minimum Gasteiger partial charge on any atom is -0.319 e. The van der Waals surface area contributed by atoms with E-state index < -0.39 is 0 Å². The monoisotopic (exact) mass is 361 g/mol. The van der Waals surface area contributed by atoms with Crippen molar-refractivity contribution in [3.05, 3.63) is 50.2 Å². The molecule has 0 fully saturated rings. The molecule has 6 heteroatoms. The van der Waals surface area contributed by atoms with Gasteiger partial charge in [0, 0.05) is 6.04 Å². The van der Waals surface area contributed by atoms with Crippen molar-refractivity contribution in [2.75, 3.05) is 0 Å². The van der Waals surface area contributed by atoms with Crippen LogP contribution >= 0.6 is 39.1 Å². The first-order valence-corrected chi connectivity index (χ1v) is 7.40. The van der Waals surface area contributed by atoms with Crippen molar-refractivity contribution in [3.8, 4) is 0 Å². The molecule has 1 aromatic heterocycles. The molecular formula is C13H14BrCl2N3. The number of rotatable bonds is 3. The average Bonchev–Trinajstić information content (AvgIpc) is 2.74. The number of hydrogen-bond donors (Lipinski definition) is 1. The van der Waals surface area contributed by atoms with Gasteiger partial charge < -0.3 is 5.73 Å². The number of aromatic nitrogens is 2. The summed E-state index contributed by atoms with van der Waals surface area (Å²) in [6.45, 7) is 4.12. The molecule has 2 aromatic rings. The molecule has 1 unspecified atom stereocenters. The molecule has 0 saturated heterocycles. The van der Waals surface area contributed by atoms with Crippen molar-refractivity contribution < 1.29 is 0 Å². The second-order valence-electron chi connectivity index (χ2n) is 4.57. The largest absolute Gasteiger partial charge is 0.319 e. The van der Waals surface area contributed by atoms with E-state index in [9.17, 15) is 0 Å². The summed E-state index contributed by atoms with van der Waals surface area (Å²) >= 11 is 15.5. The highest BCUT2D eigenvalue weighted by Gasteiger charge is 2.20. The first kappa shape index (κ1) is 14.9. The molecule has 0 aliphatic carbocycles. The van der Waals surface area contributed by atoms with Crippen LogP contribution < -0.4 is 5.73 Å². The van der Waals surface area contributed by atoms with Gasteiger partial charge in [-0.25, -0.2) is 0 Å². The van der Waals surface area contributed by atoms with Gasteiger partial charge in [0.05, 0.1) is 32.5 Å². The van der Waals surface area contributed by atoms with Gasteiger partial charge in [-0.3, -0.25) is 4.68 Å². The van der Waals surface area contributed by atoms with E-state index in [0.29, 0.717) is 10.0 Å². The Morgan fingerprint density at radius 2 is 1.95 bits per heavy atom. The van der Waals surface area contributed by atoms with Crippen molar-refractivity contribution in [2.24, 2.45) is 5.73 Å². The third-order valence-electron chi connectivity index (χ3n) is 2.87. The zero-order valence-electron chi connectivity index (χ0n) is 10.6. The minimum absolute atomic E-state index is 0.232. The second kappa shape index (κ2) is 5.83. The van der Waals surface area contributed by atoms with Crippen LogP contribution in [0, 0.1) is 0 Å². The van der Waals surface area contributed by atoms with Crippen molar-refractivity contribution in [2.45, 2.75) is 25.9 Å². The highest BCUT2D eigenvalue weighted by atomic mass is 79.9. The predicted octanol–water partition coefficient (Wildman–Crippen LogP) is 4.58. The molecule has 19 heavy (non-hydrogen) atoms. The van der Waals surface area contributed by atoms with E-state index in [-0.39, 0.29) is 12.1 Å². The van der Waals surface area contributed by atoms with Crippen LogP contribution in [0.15, 0.2) is 28.9 Å². The maximum atomic E-state index is 6.33. The highest BCUT2D eigenvalue weighted by Crippen LogP contribution is 2.31. The molecular weight excluding hydrogens is 349 g/mol. The molecule has 0 saturated carbocycles. The minimum atomic E-state index is -0.311. The summed E-state index contributed by atoms with van der Waals surface area (Å²) in [6.07, 6.45) is 1.76. The van der Waals surface area contributed by atoms with Crippen LogP contribution in [-0.4, -0.2) is 9.78 Å². The number of nitrogens with two attached hydrogens (primary N) is 1. The predicted molar refractivity (Wildman–Crippen MR) is 82.8 cm³/mol. The number of halogens is 3. The molecule has 0 aliphatic rings. The molecule has 0 amide bonds. The summed E-state index contributed by atoms with van der Waals surface area (Å²) in [4.78, 5) is 0. The quantitative estimate of drug-likeness (QED) is 0.868. The maximum absolute atomic E-state index is 6.33. The van der Waals surface area contributed by atoms with E-state index in [1.54, 1.807) is 18.3 Å². The summed E-state index contributed by atoms with van der Waals surface area (Å²) in [5, 5.41) is 5.36. The molecule has 0 aliphatic heterocycles. The van der Waals surface area contributed by atoms with Gasteiger partial charge in [-0.05, 0) is 47.5 Å². The molecule has 1 atom stereocenters. The second-order valence-corrected chi connectivity index (χ2v) is 6.24. The summed E-state index contributed by atoms with van der Waals surface area (Å²) < 4.78 is 2.79. The summed E-state index contributed by atoms with van der Waals surface area (Å²) in [7, 11) is 0. The van der Waals surface area contributed by atoms with Crippen LogP contribution in [0.1, 0.15) is 37.2 Å². The molecule has 1 aromatic carbocycles. The third-order valence-corrected chi connectivity index (χ3v) is 4.22. The van der Waals surface area contributed by atoms with Crippen molar-refractivity contribution >= 4 is 39.1 Å². The van der Waals surface area contributed by atoms with E-state index in [1.807, 2.05) is 10.7 Å². The van der Waals surface area contributed by atoms with Gasteiger partial charge in [-0.15, -0.1) is 0 Å². The van der Waals surface area contributed by atoms with Crippen LogP contribution in [-0.2, 0) is 0 Å². The van der Waals surface area contributed by atoms with Gasteiger partial charge in [0.1, 0.15) is 0 Å². The first-order valence-electron chi connectivity index (χ1n) is 5.85. The zero-order chi connectivity index (χ0) is 14.2. The molecule has 0 radical (unpaired) electrons. The van der Waals surface area contributed by atoms with Gasteiger partial charge >= 0.3 is 0 Å². The SMILES string of the molecule is CC(C)n1ncc(Br)c1C(N)c1ccc(Cl)c(Cl)c1. The maximum Gasteiger partial charge on any atom is 0.0742 e. The normalized spacial score (nSPS) is 13.0. The summed E-state index contributed by atoms with van der Waals surface area (Å²) in [6, 6.07) is 5.34. The lowest BCUT2D eigenvalue weighted by Crippen LogP contribution is -2.19. The van der Waals surface area contributed by atoms with E-state index in [4.69, 9.17) is 28.9 Å². The third kappa shape index (κ3) is 2.97. The van der Waals surface area contributed by atoms with Gasteiger partial charge in [0.15, 0.2) is 0 Å². The Balaban J connectivity index is 2.46. The topological polar surface area (TPSA) is 43.8 Å². The molecule has 1 heterocycles. The van der Waals surface area contributed by atoms with Crippen LogP contribution in [0.4, 0.5) is 0 Å². The summed E-state index contributed by atoms with van der Waals surface area (Å²) in [5.41, 5.74) is 8.15. The fourth-order valence-electron chi connectivity index (χ4n) is 1.92. The molecule has 2 N–H and O–H groups in total. The van der Waals surface area contributed by atoms with E-state index in [2.05, 4.69) is 34.9 Å². The van der Waals surface area contributed by atoms with Gasteiger partial charge in [-0.2, -0.15) is 5.10 Å². The van der Waals surface area contributed by atoms with Crippen LogP contribution in [0.25, 0.3) is 0 Å². The fourth-order valence-corrected chi connectivity index (χ4v) is 2.74. The van der Waals surface area contributed by atoms with Gasteiger partial charge in [0.2, 0.25) is 0 Å². The van der Waals surface area contributed by atoms with Crippen LogP contribution in [0.2, 0.25) is 10.0 Å². The van der Waals surface area contributed by atoms with Gasteiger partial charge in [0.25, 0.3) is 0 Å². The Morgan fingerprint density at radius 3 is 2.53 bits per heavy atom. The lowest BCUT2D eigenvalue weighted by Gasteiger charge is -2.18. The van der Waals surface area contributed by atoms with Crippen molar-refractivity contribution in [3.63, 3.8) is 0 Å². The standard InChI is InChI=1S/C13H14BrCl2N3/c1-7(2)19-13(9(14)6-18-19)12(17)8-3-4-10(15)11(16)5-8/h3-7,12H,17H2,1-2H3. The van der Waals surface area contributed by atoms with E-state index in [0.717, 1.165) is 15.7 Å². The molecule has 2 rings (SSSR count). The van der Waals surface area contributed by atoms with Crippen molar-refractivity contribution in [1.82, 2.24) is 9.78 Å². The zero-order valence-corrected chi connectivity index (χ0v) is 13.7. The Bertz CT molecular complexity index is 596. The van der Waals surface area contributed by atoms with Crippen LogP contribution in [0.5, 0.6) is 0 Å². The molecule has 0 bridgehead atoms. The number of benzene rings is 1. The lowest BCUT2D eigenvalue weighted by atomic mass is 10.0.